The number of aliphatic hydroxyl groups is 3. The highest BCUT2D eigenvalue weighted by Crippen LogP contribution is 2.03. The molecule has 0 aliphatic rings. The van der Waals surface area contributed by atoms with Crippen LogP contribution < -0.4 is 5.32 Å². The number of rotatable bonds is 6. The Morgan fingerprint density at radius 3 is 2.27 bits per heavy atom. The van der Waals surface area contributed by atoms with Gasteiger partial charge in [-0.05, 0) is 0 Å². The summed E-state index contributed by atoms with van der Waals surface area (Å²) in [6.45, 7) is 0.734. The van der Waals surface area contributed by atoms with E-state index in [0.29, 0.717) is 11.7 Å². The maximum Gasteiger partial charge on any atom is 0.223 e. The molecule has 1 aromatic heterocycles. The third-order valence-corrected chi connectivity index (χ3v) is 2.10. The summed E-state index contributed by atoms with van der Waals surface area (Å²) < 4.78 is 4.74. The van der Waals surface area contributed by atoms with E-state index in [1.807, 2.05) is 0 Å². The summed E-state index contributed by atoms with van der Waals surface area (Å²) in [6.07, 6.45) is 0. The van der Waals surface area contributed by atoms with Gasteiger partial charge < -0.3 is 19.8 Å². The average molecular weight is 217 g/mol. The van der Waals surface area contributed by atoms with E-state index in [0.717, 1.165) is 0 Å². The van der Waals surface area contributed by atoms with E-state index in [9.17, 15) is 0 Å². The van der Waals surface area contributed by atoms with Crippen molar-refractivity contribution in [3.8, 4) is 0 Å². The number of nitrogens with zero attached hydrogens (tertiary/aromatic N) is 2. The number of nitrogens with one attached hydrogen (secondary N) is 1. The summed E-state index contributed by atoms with van der Waals surface area (Å²) in [5.74, 6) is 0.849. The van der Waals surface area contributed by atoms with E-state index in [4.69, 9.17) is 19.8 Å². The van der Waals surface area contributed by atoms with Crippen LogP contribution in [0.15, 0.2) is 4.52 Å². The van der Waals surface area contributed by atoms with Gasteiger partial charge in [0.2, 0.25) is 5.89 Å². The lowest BCUT2D eigenvalue weighted by molar-refractivity contribution is 0.0408. The largest absolute Gasteiger partial charge is 0.394 e. The molecule has 0 aliphatic carbocycles. The van der Waals surface area contributed by atoms with Crippen LogP contribution >= 0.6 is 0 Å². The monoisotopic (exact) mass is 217 g/mol. The van der Waals surface area contributed by atoms with Crippen molar-refractivity contribution in [1.82, 2.24) is 15.5 Å². The van der Waals surface area contributed by atoms with Gasteiger partial charge in [-0.3, -0.25) is 5.32 Å². The lowest BCUT2D eigenvalue weighted by Crippen LogP contribution is -2.54. The first-order chi connectivity index (χ1) is 7.15. The molecule has 1 heterocycles. The van der Waals surface area contributed by atoms with Crippen LogP contribution in [-0.4, -0.2) is 50.8 Å². The van der Waals surface area contributed by atoms with E-state index in [-0.39, 0.29) is 26.4 Å². The average Bonchev–Trinajstić information content (AvgIpc) is 2.67. The Morgan fingerprint density at radius 1 is 1.27 bits per heavy atom. The highest BCUT2D eigenvalue weighted by atomic mass is 16.5. The van der Waals surface area contributed by atoms with E-state index in [1.165, 1.54) is 0 Å². The zero-order valence-corrected chi connectivity index (χ0v) is 8.47. The maximum absolute atomic E-state index is 9.01. The van der Waals surface area contributed by atoms with Crippen molar-refractivity contribution in [2.75, 3.05) is 19.8 Å². The fourth-order valence-electron chi connectivity index (χ4n) is 0.997. The standard InChI is InChI=1S/C8H15N3O4/c1-6-10-7(11-15-6)2-9-8(3-12,4-13)5-14/h9,12-14H,2-5H2,1H3. The molecule has 0 fully saturated rings. The SMILES string of the molecule is Cc1nc(CNC(CO)(CO)CO)no1. The van der Waals surface area contributed by atoms with Gasteiger partial charge in [-0.15, -0.1) is 0 Å². The molecular weight excluding hydrogens is 202 g/mol. The first-order valence-corrected chi connectivity index (χ1v) is 4.52. The summed E-state index contributed by atoms with van der Waals surface area (Å²) in [6, 6.07) is 0. The van der Waals surface area contributed by atoms with Gasteiger partial charge in [0.25, 0.3) is 0 Å². The Balaban J connectivity index is 2.54. The highest BCUT2D eigenvalue weighted by molar-refractivity contribution is 4.90. The second-order valence-corrected chi connectivity index (χ2v) is 3.34. The van der Waals surface area contributed by atoms with Gasteiger partial charge in [0.15, 0.2) is 5.82 Å². The van der Waals surface area contributed by atoms with Crippen LogP contribution in [0.2, 0.25) is 0 Å². The number of hydrogen-bond donors (Lipinski definition) is 4. The number of hydrogen-bond acceptors (Lipinski definition) is 7. The molecule has 7 nitrogen and oxygen atoms in total. The van der Waals surface area contributed by atoms with Gasteiger partial charge in [-0.1, -0.05) is 5.16 Å². The Kier molecular flexibility index (Phi) is 4.15. The second kappa shape index (κ2) is 5.17. The second-order valence-electron chi connectivity index (χ2n) is 3.34. The highest BCUT2D eigenvalue weighted by Gasteiger charge is 2.27. The van der Waals surface area contributed by atoms with E-state index in [2.05, 4.69) is 15.5 Å². The van der Waals surface area contributed by atoms with Crippen LogP contribution in [0.5, 0.6) is 0 Å². The lowest BCUT2D eigenvalue weighted by atomic mass is 10.0. The Hall–Kier alpha value is -1.02. The molecule has 0 radical (unpaired) electrons. The quantitative estimate of drug-likeness (QED) is 0.444. The topological polar surface area (TPSA) is 112 Å². The minimum absolute atomic E-state index is 0.207. The molecule has 4 N–H and O–H groups in total. The summed E-state index contributed by atoms with van der Waals surface area (Å²) >= 11 is 0. The summed E-state index contributed by atoms with van der Waals surface area (Å²) in [4.78, 5) is 3.93. The molecule has 0 saturated carbocycles. The molecule has 7 heteroatoms. The van der Waals surface area contributed by atoms with Crippen molar-refractivity contribution in [3.63, 3.8) is 0 Å². The first-order valence-electron chi connectivity index (χ1n) is 4.52. The third kappa shape index (κ3) is 2.96. The molecule has 1 rings (SSSR count). The van der Waals surface area contributed by atoms with Crippen LogP contribution in [0.25, 0.3) is 0 Å². The number of aliphatic hydroxyl groups excluding tert-OH is 3. The van der Waals surface area contributed by atoms with Crippen molar-refractivity contribution < 1.29 is 19.8 Å². The van der Waals surface area contributed by atoms with Gasteiger partial charge in [-0.25, -0.2) is 0 Å². The Morgan fingerprint density at radius 2 is 1.87 bits per heavy atom. The van der Waals surface area contributed by atoms with Crippen LogP contribution in [0, 0.1) is 6.92 Å². The summed E-state index contributed by atoms with van der Waals surface area (Å²) in [5, 5.41) is 33.4. The third-order valence-electron chi connectivity index (χ3n) is 2.10. The molecular formula is C8H15N3O4. The lowest BCUT2D eigenvalue weighted by Gasteiger charge is -2.27. The van der Waals surface area contributed by atoms with Crippen molar-refractivity contribution in [3.05, 3.63) is 11.7 Å². The minimum Gasteiger partial charge on any atom is -0.394 e. The van der Waals surface area contributed by atoms with Gasteiger partial charge in [0, 0.05) is 6.92 Å². The van der Waals surface area contributed by atoms with Gasteiger partial charge in [0.05, 0.1) is 31.9 Å². The first kappa shape index (κ1) is 12.1. The molecule has 0 atom stereocenters. The van der Waals surface area contributed by atoms with E-state index < -0.39 is 5.54 Å². The van der Waals surface area contributed by atoms with Crippen LogP contribution in [0.3, 0.4) is 0 Å². The smallest absolute Gasteiger partial charge is 0.223 e. The Labute approximate surface area is 86.7 Å². The molecule has 0 amide bonds. The molecule has 86 valence electrons. The van der Waals surface area contributed by atoms with E-state index >= 15 is 0 Å². The molecule has 1 aromatic rings. The van der Waals surface area contributed by atoms with Crippen molar-refractivity contribution >= 4 is 0 Å². The van der Waals surface area contributed by atoms with Crippen LogP contribution in [0.1, 0.15) is 11.7 Å². The van der Waals surface area contributed by atoms with Crippen LogP contribution in [0.4, 0.5) is 0 Å². The number of aromatic nitrogens is 2. The fourth-order valence-corrected chi connectivity index (χ4v) is 0.997. The van der Waals surface area contributed by atoms with Gasteiger partial charge in [-0.2, -0.15) is 4.98 Å². The van der Waals surface area contributed by atoms with Gasteiger partial charge in [0.1, 0.15) is 0 Å². The zero-order chi connectivity index (χ0) is 11.3. The van der Waals surface area contributed by atoms with Crippen molar-refractivity contribution in [2.45, 2.75) is 19.0 Å². The molecule has 0 spiro atoms. The normalized spacial score (nSPS) is 12.0. The van der Waals surface area contributed by atoms with Crippen molar-refractivity contribution in [2.24, 2.45) is 0 Å². The Bertz CT molecular complexity index is 290. The predicted octanol–water partition coefficient (Wildman–Crippen LogP) is -1.82. The fraction of sp³-hybridized carbons (Fsp3) is 0.750. The maximum atomic E-state index is 9.01. The molecule has 0 aromatic carbocycles. The van der Waals surface area contributed by atoms with E-state index in [1.54, 1.807) is 6.92 Å². The summed E-state index contributed by atoms with van der Waals surface area (Å²) in [5.41, 5.74) is -1.12. The molecule has 0 bridgehead atoms. The molecule has 0 unspecified atom stereocenters. The number of aryl methyl sites for hydroxylation is 1. The molecule has 0 saturated heterocycles. The predicted molar refractivity (Wildman–Crippen MR) is 49.9 cm³/mol. The zero-order valence-electron chi connectivity index (χ0n) is 8.47. The molecule has 15 heavy (non-hydrogen) atoms. The van der Waals surface area contributed by atoms with Crippen LogP contribution in [-0.2, 0) is 6.54 Å². The minimum atomic E-state index is -1.12. The molecule has 0 aliphatic heterocycles. The summed E-state index contributed by atoms with van der Waals surface area (Å²) in [7, 11) is 0. The van der Waals surface area contributed by atoms with Crippen molar-refractivity contribution in [1.29, 1.82) is 0 Å². The van der Waals surface area contributed by atoms with Gasteiger partial charge >= 0.3 is 0 Å².